The summed E-state index contributed by atoms with van der Waals surface area (Å²) in [6.45, 7) is 2.03. The Morgan fingerprint density at radius 2 is 2.00 bits per heavy atom. The van der Waals surface area contributed by atoms with Crippen molar-refractivity contribution < 1.29 is 18.3 Å². The highest BCUT2D eigenvalue weighted by atomic mass is 19.4. The van der Waals surface area contributed by atoms with E-state index in [2.05, 4.69) is 0 Å². The zero-order chi connectivity index (χ0) is 14.6. The van der Waals surface area contributed by atoms with Crippen molar-refractivity contribution in [2.45, 2.75) is 32.2 Å². The molecule has 1 atom stereocenters. The minimum absolute atomic E-state index is 0.0702. The number of hydrogen-bond donors (Lipinski definition) is 2. The van der Waals surface area contributed by atoms with Crippen LogP contribution in [-0.4, -0.2) is 24.8 Å². The van der Waals surface area contributed by atoms with Gasteiger partial charge in [-0.3, -0.25) is 0 Å². The molecule has 19 heavy (non-hydrogen) atoms. The van der Waals surface area contributed by atoms with Gasteiger partial charge in [0.15, 0.2) is 0 Å². The second-order valence-corrected chi connectivity index (χ2v) is 4.61. The number of nitrogens with two attached hydrogens (primary N) is 1. The molecule has 0 radical (unpaired) electrons. The predicted octanol–water partition coefficient (Wildman–Crippen LogP) is 2.37. The number of halogens is 3. The summed E-state index contributed by atoms with van der Waals surface area (Å²) in [5.74, 6) is 0. The fraction of sp³-hybridized carbons (Fsp3) is 0.538. The van der Waals surface area contributed by atoms with Gasteiger partial charge in [0.05, 0.1) is 11.7 Å². The van der Waals surface area contributed by atoms with Crippen molar-refractivity contribution in [2.24, 2.45) is 5.73 Å². The SMILES string of the molecule is CC(O)CCN(C)c1ccc(CN)cc1C(F)(F)F. The fourth-order valence-corrected chi connectivity index (χ4v) is 1.77. The quantitative estimate of drug-likeness (QED) is 0.868. The Kier molecular flexibility index (Phi) is 5.20. The van der Waals surface area contributed by atoms with Crippen molar-refractivity contribution in [2.75, 3.05) is 18.5 Å². The van der Waals surface area contributed by atoms with Gasteiger partial charge in [-0.15, -0.1) is 0 Å². The van der Waals surface area contributed by atoms with E-state index in [-0.39, 0.29) is 12.2 Å². The molecule has 1 unspecified atom stereocenters. The summed E-state index contributed by atoms with van der Waals surface area (Å²) >= 11 is 0. The molecule has 0 fully saturated rings. The predicted molar refractivity (Wildman–Crippen MR) is 68.9 cm³/mol. The smallest absolute Gasteiger partial charge is 0.393 e. The highest BCUT2D eigenvalue weighted by molar-refractivity contribution is 5.56. The van der Waals surface area contributed by atoms with E-state index in [1.807, 2.05) is 0 Å². The van der Waals surface area contributed by atoms with Crippen LogP contribution >= 0.6 is 0 Å². The lowest BCUT2D eigenvalue weighted by molar-refractivity contribution is -0.137. The Balaban J connectivity index is 3.05. The monoisotopic (exact) mass is 276 g/mol. The second kappa shape index (κ2) is 6.25. The standard InChI is InChI=1S/C13H19F3N2O/c1-9(19)5-6-18(2)12-4-3-10(8-17)7-11(12)13(14,15)16/h3-4,7,9,19H,5-6,8,17H2,1-2H3. The van der Waals surface area contributed by atoms with Crippen LogP contribution in [0.1, 0.15) is 24.5 Å². The minimum Gasteiger partial charge on any atom is -0.393 e. The summed E-state index contributed by atoms with van der Waals surface area (Å²) in [7, 11) is 1.58. The van der Waals surface area contributed by atoms with Gasteiger partial charge in [0.2, 0.25) is 0 Å². The molecule has 0 aliphatic rings. The van der Waals surface area contributed by atoms with Crippen molar-refractivity contribution in [3.8, 4) is 0 Å². The van der Waals surface area contributed by atoms with E-state index in [1.165, 1.54) is 11.0 Å². The summed E-state index contributed by atoms with van der Waals surface area (Å²) in [5, 5.41) is 9.19. The van der Waals surface area contributed by atoms with Crippen LogP contribution in [0.5, 0.6) is 0 Å². The number of benzene rings is 1. The summed E-state index contributed by atoms with van der Waals surface area (Å²) in [6.07, 6.45) is -4.55. The van der Waals surface area contributed by atoms with E-state index >= 15 is 0 Å². The number of alkyl halides is 3. The molecule has 1 aromatic carbocycles. The molecule has 3 nitrogen and oxygen atoms in total. The molecular formula is C13H19F3N2O. The third-order valence-corrected chi connectivity index (χ3v) is 2.90. The Bertz CT molecular complexity index is 419. The highest BCUT2D eigenvalue weighted by Crippen LogP contribution is 2.37. The van der Waals surface area contributed by atoms with Gasteiger partial charge in [-0.05, 0) is 31.0 Å². The van der Waals surface area contributed by atoms with Crippen molar-refractivity contribution in [3.63, 3.8) is 0 Å². The molecule has 1 rings (SSSR count). The molecular weight excluding hydrogens is 257 g/mol. The maximum atomic E-state index is 13.0. The van der Waals surface area contributed by atoms with Gasteiger partial charge in [-0.1, -0.05) is 6.07 Å². The molecule has 0 saturated heterocycles. The molecule has 0 spiro atoms. The fourth-order valence-electron chi connectivity index (χ4n) is 1.77. The van der Waals surface area contributed by atoms with Crippen LogP contribution in [0.25, 0.3) is 0 Å². The molecule has 0 amide bonds. The topological polar surface area (TPSA) is 49.5 Å². The molecule has 3 N–H and O–H groups in total. The highest BCUT2D eigenvalue weighted by Gasteiger charge is 2.34. The Morgan fingerprint density at radius 3 is 2.47 bits per heavy atom. The molecule has 108 valence electrons. The van der Waals surface area contributed by atoms with Crippen LogP contribution in [-0.2, 0) is 12.7 Å². The molecule has 0 aromatic heterocycles. The van der Waals surface area contributed by atoms with Gasteiger partial charge >= 0.3 is 6.18 Å². The van der Waals surface area contributed by atoms with E-state index < -0.39 is 17.8 Å². The number of aliphatic hydroxyl groups excluding tert-OH is 1. The molecule has 0 aliphatic heterocycles. The van der Waals surface area contributed by atoms with Crippen molar-refractivity contribution in [1.82, 2.24) is 0 Å². The minimum atomic E-state index is -4.42. The van der Waals surface area contributed by atoms with Gasteiger partial charge in [-0.25, -0.2) is 0 Å². The van der Waals surface area contributed by atoms with Crippen molar-refractivity contribution in [1.29, 1.82) is 0 Å². The molecule has 0 bridgehead atoms. The number of rotatable bonds is 5. The maximum absolute atomic E-state index is 13.0. The largest absolute Gasteiger partial charge is 0.418 e. The van der Waals surface area contributed by atoms with Gasteiger partial charge in [-0.2, -0.15) is 13.2 Å². The normalized spacial score (nSPS) is 13.4. The lowest BCUT2D eigenvalue weighted by Crippen LogP contribution is -2.25. The zero-order valence-electron chi connectivity index (χ0n) is 11.0. The van der Waals surface area contributed by atoms with Crippen LogP contribution in [0.4, 0.5) is 18.9 Å². The lowest BCUT2D eigenvalue weighted by atomic mass is 10.1. The van der Waals surface area contributed by atoms with E-state index in [0.29, 0.717) is 18.5 Å². The van der Waals surface area contributed by atoms with E-state index in [9.17, 15) is 18.3 Å². The Hall–Kier alpha value is -1.27. The van der Waals surface area contributed by atoms with Gasteiger partial charge < -0.3 is 15.7 Å². The number of hydrogen-bond acceptors (Lipinski definition) is 3. The van der Waals surface area contributed by atoms with E-state index in [1.54, 1.807) is 20.0 Å². The average Bonchev–Trinajstić information content (AvgIpc) is 2.34. The zero-order valence-corrected chi connectivity index (χ0v) is 11.0. The molecule has 6 heteroatoms. The summed E-state index contributed by atoms with van der Waals surface area (Å²) in [6, 6.07) is 4.09. The van der Waals surface area contributed by atoms with E-state index in [4.69, 9.17) is 5.73 Å². The third kappa shape index (κ3) is 4.40. The number of anilines is 1. The van der Waals surface area contributed by atoms with Crippen LogP contribution in [0, 0.1) is 0 Å². The van der Waals surface area contributed by atoms with Gasteiger partial charge in [0, 0.05) is 25.8 Å². The van der Waals surface area contributed by atoms with Gasteiger partial charge in [0.25, 0.3) is 0 Å². The van der Waals surface area contributed by atoms with Crippen LogP contribution < -0.4 is 10.6 Å². The first-order valence-corrected chi connectivity index (χ1v) is 6.05. The summed E-state index contributed by atoms with van der Waals surface area (Å²) in [5.41, 5.74) is 5.23. The average molecular weight is 276 g/mol. The molecule has 0 saturated carbocycles. The molecule has 0 heterocycles. The maximum Gasteiger partial charge on any atom is 0.418 e. The summed E-state index contributed by atoms with van der Waals surface area (Å²) in [4.78, 5) is 1.50. The van der Waals surface area contributed by atoms with Crippen LogP contribution in [0.2, 0.25) is 0 Å². The van der Waals surface area contributed by atoms with Crippen LogP contribution in [0.15, 0.2) is 18.2 Å². The second-order valence-electron chi connectivity index (χ2n) is 4.61. The van der Waals surface area contributed by atoms with Gasteiger partial charge in [0.1, 0.15) is 0 Å². The molecule has 1 aromatic rings. The number of aliphatic hydroxyl groups is 1. The van der Waals surface area contributed by atoms with Crippen LogP contribution in [0.3, 0.4) is 0 Å². The van der Waals surface area contributed by atoms with Crippen molar-refractivity contribution >= 4 is 5.69 Å². The summed E-state index contributed by atoms with van der Waals surface area (Å²) < 4.78 is 39.0. The Morgan fingerprint density at radius 1 is 1.37 bits per heavy atom. The number of nitrogens with zero attached hydrogens (tertiary/aromatic N) is 1. The first-order valence-electron chi connectivity index (χ1n) is 6.05. The third-order valence-electron chi connectivity index (χ3n) is 2.90. The Labute approximate surface area is 110 Å². The van der Waals surface area contributed by atoms with Crippen molar-refractivity contribution in [3.05, 3.63) is 29.3 Å². The van der Waals surface area contributed by atoms with E-state index in [0.717, 1.165) is 6.07 Å². The lowest BCUT2D eigenvalue weighted by Gasteiger charge is -2.24. The first kappa shape index (κ1) is 15.8. The molecule has 0 aliphatic carbocycles. The first-order chi connectivity index (χ1) is 8.75.